The van der Waals surface area contributed by atoms with Crippen LogP contribution in [0.15, 0.2) is 32.3 Å². The summed E-state index contributed by atoms with van der Waals surface area (Å²) in [5.41, 5.74) is 4.57. The number of nitrogens with zero attached hydrogens (tertiary/aromatic N) is 3. The Morgan fingerprint density at radius 1 is 1.41 bits per heavy atom. The molecule has 1 aromatic carbocycles. The van der Waals surface area contributed by atoms with Crippen LogP contribution in [-0.4, -0.2) is 49.0 Å². The number of hydrogen-bond acceptors (Lipinski definition) is 9. The lowest BCUT2D eigenvalue weighted by atomic mass is 10.3. The molecule has 0 radical (unpaired) electrons. The minimum Gasteiger partial charge on any atom is -0.290 e. The van der Waals surface area contributed by atoms with Crippen LogP contribution in [0.4, 0.5) is 15.9 Å². The maximum Gasteiger partial charge on any atom is 0.277 e. The second-order valence-electron chi connectivity index (χ2n) is 5.87. The van der Waals surface area contributed by atoms with Crippen molar-refractivity contribution < 1.29 is 27.5 Å². The van der Waals surface area contributed by atoms with Gasteiger partial charge in [0.15, 0.2) is 11.5 Å². The lowest BCUT2D eigenvalue weighted by Crippen LogP contribution is -2.39. The van der Waals surface area contributed by atoms with Gasteiger partial charge in [-0.3, -0.25) is 15.5 Å². The molecule has 0 amide bonds. The quantitative estimate of drug-likeness (QED) is 0.140. The zero-order chi connectivity index (χ0) is 20.9. The van der Waals surface area contributed by atoms with E-state index in [0.717, 1.165) is 12.8 Å². The van der Waals surface area contributed by atoms with Crippen LogP contribution >= 0.6 is 15.9 Å². The molecule has 0 bridgehead atoms. The molecule has 15 heteroatoms. The summed E-state index contributed by atoms with van der Waals surface area (Å²) >= 11 is 3.04. The van der Waals surface area contributed by atoms with E-state index in [4.69, 9.17) is 4.84 Å². The summed E-state index contributed by atoms with van der Waals surface area (Å²) in [6.45, 7) is -0.0414. The van der Waals surface area contributed by atoms with E-state index in [-0.39, 0.29) is 41.0 Å². The van der Waals surface area contributed by atoms with Gasteiger partial charge in [-0.15, -0.1) is 0 Å². The number of anilines is 1. The van der Waals surface area contributed by atoms with Gasteiger partial charge in [-0.2, -0.15) is 17.9 Å². The monoisotopic (exact) mass is 493 g/mol. The van der Waals surface area contributed by atoms with E-state index >= 15 is 0 Å². The fourth-order valence-corrected chi connectivity index (χ4v) is 3.51. The van der Waals surface area contributed by atoms with Crippen molar-refractivity contribution in [3.63, 3.8) is 0 Å². The number of rotatable bonds is 10. The van der Waals surface area contributed by atoms with Crippen molar-refractivity contribution in [2.45, 2.75) is 18.9 Å². The Morgan fingerprint density at radius 2 is 2.21 bits per heavy atom. The number of aromatic nitrogens is 2. The van der Waals surface area contributed by atoms with Gasteiger partial charge in [0.1, 0.15) is 5.82 Å². The highest BCUT2D eigenvalue weighted by Gasteiger charge is 2.26. The normalized spacial score (nSPS) is 14.8. The first-order chi connectivity index (χ1) is 13.9. The average Bonchev–Trinajstić information content (AvgIpc) is 3.35. The zero-order valence-corrected chi connectivity index (χ0v) is 17.1. The van der Waals surface area contributed by atoms with Gasteiger partial charge in [-0.1, -0.05) is 0 Å². The van der Waals surface area contributed by atoms with Crippen LogP contribution in [0.5, 0.6) is 0 Å². The Bertz CT molecular complexity index is 982. The molecule has 1 aliphatic carbocycles. The van der Waals surface area contributed by atoms with E-state index in [2.05, 4.69) is 50.8 Å². The van der Waals surface area contributed by atoms with Crippen LogP contribution in [0, 0.1) is 5.82 Å². The van der Waals surface area contributed by atoms with E-state index in [1.54, 1.807) is 0 Å². The number of benzene rings is 1. The minimum absolute atomic E-state index is 0.000673. The lowest BCUT2D eigenvalue weighted by Gasteiger charge is -2.08. The molecule has 0 aliphatic heterocycles. The number of hydroxylamine groups is 1. The number of aliphatic imine (C=N–C) groups is 1. The third-order valence-electron chi connectivity index (χ3n) is 3.53. The predicted octanol–water partition coefficient (Wildman–Crippen LogP) is 0.958. The summed E-state index contributed by atoms with van der Waals surface area (Å²) in [5, 5.41) is 16.5. The molecule has 1 aliphatic rings. The van der Waals surface area contributed by atoms with Crippen molar-refractivity contribution in [3.05, 3.63) is 34.2 Å². The summed E-state index contributed by atoms with van der Waals surface area (Å²) in [7, 11) is -3.57. The van der Waals surface area contributed by atoms with Gasteiger partial charge >= 0.3 is 0 Å². The molecule has 2 aromatic rings. The topological polar surface area (TPSA) is 163 Å². The van der Waals surface area contributed by atoms with Crippen LogP contribution < -0.4 is 20.4 Å². The summed E-state index contributed by atoms with van der Waals surface area (Å²) in [6, 6.07) is 3.98. The van der Waals surface area contributed by atoms with Crippen molar-refractivity contribution >= 4 is 43.5 Å². The number of nitrogens with one attached hydrogen (secondary N) is 4. The molecular weight excluding hydrogens is 477 g/mol. The van der Waals surface area contributed by atoms with Crippen molar-refractivity contribution in [3.8, 4) is 0 Å². The van der Waals surface area contributed by atoms with E-state index < -0.39 is 16.0 Å². The van der Waals surface area contributed by atoms with Crippen molar-refractivity contribution in [1.29, 1.82) is 0 Å². The molecule has 1 fully saturated rings. The second kappa shape index (κ2) is 9.55. The third-order valence-corrected chi connectivity index (χ3v) is 5.36. The van der Waals surface area contributed by atoms with E-state index in [1.807, 2.05) is 5.48 Å². The van der Waals surface area contributed by atoms with Crippen molar-refractivity contribution in [1.82, 2.24) is 25.2 Å². The summed E-state index contributed by atoms with van der Waals surface area (Å²) in [5.74, 6) is -0.639. The smallest absolute Gasteiger partial charge is 0.277 e. The van der Waals surface area contributed by atoms with E-state index in [9.17, 15) is 18.0 Å². The Kier molecular flexibility index (Phi) is 7.09. The van der Waals surface area contributed by atoms with Gasteiger partial charge in [0, 0.05) is 12.6 Å². The number of hydrogen-bond donors (Lipinski definition) is 5. The third kappa shape index (κ3) is 6.41. The first-order valence-electron chi connectivity index (χ1n) is 8.29. The largest absolute Gasteiger partial charge is 0.290 e. The summed E-state index contributed by atoms with van der Waals surface area (Å²) in [6.07, 6.45) is 1.66. The maximum absolute atomic E-state index is 13.3. The van der Waals surface area contributed by atoms with Gasteiger partial charge < -0.3 is 0 Å². The number of amidine groups is 1. The molecule has 0 spiro atoms. The van der Waals surface area contributed by atoms with Crippen LogP contribution in [0.1, 0.15) is 18.5 Å². The minimum atomic E-state index is -3.57. The second-order valence-corrected chi connectivity index (χ2v) is 8.26. The van der Waals surface area contributed by atoms with Crippen molar-refractivity contribution in [2.75, 3.05) is 18.6 Å². The molecule has 0 atom stereocenters. The Hall–Kier alpha value is -2.17. The van der Waals surface area contributed by atoms with Gasteiger partial charge in [-0.05, 0) is 57.3 Å². The molecule has 1 aromatic heterocycles. The lowest BCUT2D eigenvalue weighted by molar-refractivity contribution is 0.195. The summed E-state index contributed by atoms with van der Waals surface area (Å²) < 4.78 is 46.2. The summed E-state index contributed by atoms with van der Waals surface area (Å²) in [4.78, 5) is 9.22. The Labute approximate surface area is 173 Å². The number of halogens is 2. The molecular formula is C14H17BrFN7O5S. The highest BCUT2D eigenvalue weighted by Crippen LogP contribution is 2.23. The first-order valence-corrected chi connectivity index (χ1v) is 10.6. The van der Waals surface area contributed by atoms with Crippen LogP contribution in [-0.2, 0) is 15.0 Å². The fraction of sp³-hybridized carbons (Fsp3) is 0.357. The van der Waals surface area contributed by atoms with Gasteiger partial charge in [-0.25, -0.2) is 19.5 Å². The molecule has 0 saturated heterocycles. The molecule has 1 saturated carbocycles. The van der Waals surface area contributed by atoms with E-state index in [1.165, 1.54) is 18.2 Å². The van der Waals surface area contributed by atoms with Gasteiger partial charge in [0.2, 0.25) is 5.82 Å². The first kappa shape index (κ1) is 21.5. The van der Waals surface area contributed by atoms with Crippen molar-refractivity contribution in [2.24, 2.45) is 4.99 Å². The highest BCUT2D eigenvalue weighted by atomic mass is 79.9. The SMILES string of the molecule is O=S(=O)(NCCONc1nonc1C(=Nc1ccc(F)c(Br)c1)NO)NC1CC1. The van der Waals surface area contributed by atoms with Gasteiger partial charge in [0.25, 0.3) is 10.2 Å². The van der Waals surface area contributed by atoms with Crippen LogP contribution in [0.2, 0.25) is 0 Å². The zero-order valence-electron chi connectivity index (χ0n) is 14.7. The molecule has 5 N–H and O–H groups in total. The highest BCUT2D eigenvalue weighted by molar-refractivity contribution is 9.10. The molecule has 3 rings (SSSR count). The van der Waals surface area contributed by atoms with Crippen LogP contribution in [0.25, 0.3) is 0 Å². The Morgan fingerprint density at radius 3 is 2.90 bits per heavy atom. The van der Waals surface area contributed by atoms with Crippen LogP contribution in [0.3, 0.4) is 0 Å². The molecule has 0 unspecified atom stereocenters. The molecule has 12 nitrogen and oxygen atoms in total. The maximum atomic E-state index is 13.3. The predicted molar refractivity (Wildman–Crippen MR) is 102 cm³/mol. The average molecular weight is 494 g/mol. The van der Waals surface area contributed by atoms with Gasteiger partial charge in [0.05, 0.1) is 16.8 Å². The fourth-order valence-electron chi connectivity index (χ4n) is 2.03. The standard InChI is InChI=1S/C14H17BrFN7O5S/c15-10-7-9(3-4-11(10)16)18-13(19-24)12-14(22-28-20-12)21-27-6-5-17-29(25,26)23-8-1-2-8/h3-4,7-8,17,23-24H,1-2,5-6H2,(H,18,19)(H,21,22). The molecule has 158 valence electrons. The molecule has 29 heavy (non-hydrogen) atoms. The van der Waals surface area contributed by atoms with E-state index in [0.29, 0.717) is 5.69 Å². The Balaban J connectivity index is 1.56. The molecule has 1 heterocycles.